The summed E-state index contributed by atoms with van der Waals surface area (Å²) >= 11 is 11.9. The van der Waals surface area contributed by atoms with Gasteiger partial charge in [0.2, 0.25) is 0 Å². The van der Waals surface area contributed by atoms with E-state index in [0.29, 0.717) is 13.2 Å². The zero-order chi connectivity index (χ0) is 14.1. The number of carbonyl (C=O) groups excluding carboxylic acids is 1. The number of hydrogen-bond acceptors (Lipinski definition) is 2. The highest BCUT2D eigenvalue weighted by molar-refractivity contribution is 6.44. The van der Waals surface area contributed by atoms with Crippen LogP contribution in [0.15, 0.2) is 30.3 Å². The third-order valence-corrected chi connectivity index (χ3v) is 4.46. The maximum atomic E-state index is 12.3. The van der Waals surface area contributed by atoms with Gasteiger partial charge in [-0.2, -0.15) is 5.06 Å². The first kappa shape index (κ1) is 14.0. The molecule has 0 N–H and O–H groups in total. The number of hydroxylamine groups is 2. The molecule has 1 aromatic carbocycles. The van der Waals surface area contributed by atoms with E-state index in [-0.39, 0.29) is 18.1 Å². The van der Waals surface area contributed by atoms with E-state index in [1.165, 1.54) is 5.06 Å². The average Bonchev–Trinajstić information content (AvgIpc) is 2.70. The second-order valence-electron chi connectivity index (χ2n) is 5.15. The molecule has 1 aromatic rings. The van der Waals surface area contributed by atoms with Gasteiger partial charge in [-0.1, -0.05) is 30.3 Å². The third kappa shape index (κ3) is 2.60. The summed E-state index contributed by atoms with van der Waals surface area (Å²) in [6, 6.07) is 9.69. The molecule has 2 bridgehead atoms. The molecule has 0 aromatic heterocycles. The maximum absolute atomic E-state index is 12.3. The van der Waals surface area contributed by atoms with Gasteiger partial charge in [0.1, 0.15) is 11.4 Å². The van der Waals surface area contributed by atoms with Crippen molar-refractivity contribution in [2.45, 2.75) is 36.4 Å². The fourth-order valence-corrected chi connectivity index (χ4v) is 3.33. The van der Waals surface area contributed by atoms with Crippen LogP contribution >= 0.6 is 23.2 Å². The molecule has 2 heterocycles. The van der Waals surface area contributed by atoms with Crippen LogP contribution in [0, 0.1) is 0 Å². The fourth-order valence-electron chi connectivity index (χ4n) is 2.81. The monoisotopic (exact) mass is 314 g/mol. The number of hydrogen-bond donors (Lipinski definition) is 0. The molecule has 0 radical (unpaired) electrons. The van der Waals surface area contributed by atoms with Crippen molar-refractivity contribution in [3.05, 3.63) is 35.9 Å². The second kappa shape index (κ2) is 5.80. The molecule has 2 fully saturated rings. The van der Waals surface area contributed by atoms with Crippen molar-refractivity contribution < 1.29 is 9.63 Å². The Hall–Kier alpha value is -0.970. The molecule has 0 unspecified atom stereocenters. The van der Waals surface area contributed by atoms with Crippen molar-refractivity contribution in [2.75, 3.05) is 6.54 Å². The summed E-state index contributed by atoms with van der Waals surface area (Å²) in [4.78, 5) is 19.2. The Labute approximate surface area is 128 Å². The Morgan fingerprint density at radius 1 is 1.25 bits per heavy atom. The first-order valence-electron chi connectivity index (χ1n) is 6.71. The molecule has 6 heteroatoms. The Balaban J connectivity index is 1.65. The number of benzene rings is 1. The Bertz CT molecular complexity index is 483. The predicted octanol–water partition coefficient (Wildman–Crippen LogP) is 3.19. The van der Waals surface area contributed by atoms with E-state index >= 15 is 0 Å². The first-order valence-corrected chi connectivity index (χ1v) is 7.59. The molecule has 2 aliphatic heterocycles. The minimum Gasteiger partial charge on any atom is -0.315 e. The van der Waals surface area contributed by atoms with Crippen LogP contribution in [0.25, 0.3) is 0 Å². The molecule has 2 aliphatic rings. The van der Waals surface area contributed by atoms with Gasteiger partial charge >= 0.3 is 6.03 Å². The summed E-state index contributed by atoms with van der Waals surface area (Å²) in [7, 11) is 0. The quantitative estimate of drug-likeness (QED) is 0.800. The minimum atomic E-state index is -0.547. The van der Waals surface area contributed by atoms with Crippen LogP contribution in [0.3, 0.4) is 0 Å². The predicted molar refractivity (Wildman–Crippen MR) is 77.5 cm³/mol. The van der Waals surface area contributed by atoms with Crippen molar-refractivity contribution >= 4 is 29.2 Å². The lowest BCUT2D eigenvalue weighted by molar-refractivity contribution is -0.140. The van der Waals surface area contributed by atoms with Gasteiger partial charge in [0.05, 0.1) is 12.1 Å². The van der Waals surface area contributed by atoms with Crippen LogP contribution in [0.1, 0.15) is 18.4 Å². The molecule has 0 spiro atoms. The van der Waals surface area contributed by atoms with E-state index in [1.807, 2.05) is 30.3 Å². The van der Waals surface area contributed by atoms with Gasteiger partial charge < -0.3 is 4.90 Å². The highest BCUT2D eigenvalue weighted by Gasteiger charge is 2.47. The molecular weight excluding hydrogens is 299 g/mol. The molecular formula is C14H16Cl2N2O2. The number of fused-ring (bicyclic) bond motifs is 2. The molecule has 0 saturated carbocycles. The van der Waals surface area contributed by atoms with Gasteiger partial charge in [-0.3, -0.25) is 4.84 Å². The van der Waals surface area contributed by atoms with Crippen molar-refractivity contribution in [1.29, 1.82) is 0 Å². The van der Waals surface area contributed by atoms with Gasteiger partial charge in [-0.15, -0.1) is 23.2 Å². The highest BCUT2D eigenvalue weighted by atomic mass is 35.5. The summed E-state index contributed by atoms with van der Waals surface area (Å²) in [5.74, 6) is 0. The molecule has 2 atom stereocenters. The average molecular weight is 315 g/mol. The summed E-state index contributed by atoms with van der Waals surface area (Å²) < 4.78 is 0. The van der Waals surface area contributed by atoms with Crippen LogP contribution in [-0.2, 0) is 11.4 Å². The topological polar surface area (TPSA) is 32.8 Å². The van der Waals surface area contributed by atoms with E-state index in [4.69, 9.17) is 28.0 Å². The van der Waals surface area contributed by atoms with Gasteiger partial charge in [0.25, 0.3) is 0 Å². The number of carbonyl (C=O) groups is 1. The van der Waals surface area contributed by atoms with E-state index in [0.717, 1.165) is 18.4 Å². The smallest absolute Gasteiger partial charge is 0.315 e. The highest BCUT2D eigenvalue weighted by Crippen LogP contribution is 2.34. The number of amides is 2. The zero-order valence-corrected chi connectivity index (χ0v) is 12.4. The molecule has 2 saturated heterocycles. The Morgan fingerprint density at radius 2 is 2.00 bits per heavy atom. The number of urea groups is 1. The van der Waals surface area contributed by atoms with Gasteiger partial charge in [-0.25, -0.2) is 4.79 Å². The zero-order valence-electron chi connectivity index (χ0n) is 10.9. The van der Waals surface area contributed by atoms with E-state index in [9.17, 15) is 4.79 Å². The molecule has 3 rings (SSSR count). The fraction of sp³-hybridized carbons (Fsp3) is 0.500. The Morgan fingerprint density at radius 3 is 2.70 bits per heavy atom. The van der Waals surface area contributed by atoms with Crippen LogP contribution < -0.4 is 0 Å². The Kier molecular flexibility index (Phi) is 4.06. The van der Waals surface area contributed by atoms with E-state index < -0.39 is 4.84 Å². The lowest BCUT2D eigenvalue weighted by Gasteiger charge is -2.30. The van der Waals surface area contributed by atoms with Crippen molar-refractivity contribution in [3.63, 3.8) is 0 Å². The van der Waals surface area contributed by atoms with Gasteiger partial charge in [-0.05, 0) is 18.4 Å². The summed E-state index contributed by atoms with van der Waals surface area (Å²) in [5.41, 5.74) is 1.04. The van der Waals surface area contributed by atoms with Crippen LogP contribution in [0.2, 0.25) is 0 Å². The van der Waals surface area contributed by atoms with Gasteiger partial charge in [0, 0.05) is 6.54 Å². The molecule has 20 heavy (non-hydrogen) atoms. The lowest BCUT2D eigenvalue weighted by atomic mass is 10.0. The van der Waals surface area contributed by atoms with Crippen LogP contribution in [0.4, 0.5) is 4.79 Å². The number of nitrogens with zero attached hydrogens (tertiary/aromatic N) is 2. The van der Waals surface area contributed by atoms with Crippen molar-refractivity contribution in [3.8, 4) is 0 Å². The van der Waals surface area contributed by atoms with E-state index in [1.54, 1.807) is 4.90 Å². The normalized spacial score (nSPS) is 25.6. The van der Waals surface area contributed by atoms with Crippen molar-refractivity contribution in [1.82, 2.24) is 9.96 Å². The second-order valence-corrected chi connectivity index (χ2v) is 6.32. The first-order chi connectivity index (χ1) is 9.66. The largest absolute Gasteiger partial charge is 0.344 e. The van der Waals surface area contributed by atoms with Crippen molar-refractivity contribution in [2.24, 2.45) is 0 Å². The number of piperidine rings is 1. The number of halogens is 2. The van der Waals surface area contributed by atoms with Gasteiger partial charge in [0.15, 0.2) is 0 Å². The van der Waals surface area contributed by atoms with Crippen LogP contribution in [-0.4, -0.2) is 39.5 Å². The molecule has 0 aliphatic carbocycles. The standard InChI is InChI=1S/C14H16Cl2N2O2/c15-13(16)12-7-6-11-8-17(12)14(19)18(11)20-9-10-4-2-1-3-5-10/h1-5,11-13H,6-9H2/t11-,12+/m1/s1. The summed E-state index contributed by atoms with van der Waals surface area (Å²) in [6.07, 6.45) is 1.69. The molecule has 2 amide bonds. The summed E-state index contributed by atoms with van der Waals surface area (Å²) in [5, 5.41) is 1.49. The van der Waals surface area contributed by atoms with E-state index in [2.05, 4.69) is 0 Å². The number of rotatable bonds is 4. The maximum Gasteiger partial charge on any atom is 0.344 e. The number of alkyl halides is 2. The SMILES string of the molecule is O=C1N2C[C@@H](CC[C@H]2C(Cl)Cl)N1OCc1ccccc1. The third-order valence-electron chi connectivity index (χ3n) is 3.87. The van der Waals surface area contributed by atoms with Crippen LogP contribution in [0.5, 0.6) is 0 Å². The molecule has 4 nitrogen and oxygen atoms in total. The summed E-state index contributed by atoms with van der Waals surface area (Å²) in [6.45, 7) is 1.04. The molecule has 108 valence electrons. The minimum absolute atomic E-state index is 0.104. The lowest BCUT2D eigenvalue weighted by Crippen LogP contribution is -2.43.